The van der Waals surface area contributed by atoms with Gasteiger partial charge in [-0.05, 0) is 51.8 Å². The summed E-state index contributed by atoms with van der Waals surface area (Å²) in [6, 6.07) is 4.64. The van der Waals surface area contributed by atoms with Crippen molar-refractivity contribution in [3.05, 3.63) is 29.3 Å². The summed E-state index contributed by atoms with van der Waals surface area (Å²) in [4.78, 5) is 13.8. The molecule has 148 valence electrons. The predicted octanol–water partition coefficient (Wildman–Crippen LogP) is 4.60. The van der Waals surface area contributed by atoms with Crippen LogP contribution in [0.15, 0.2) is 18.2 Å². The van der Waals surface area contributed by atoms with E-state index in [1.807, 2.05) is 6.07 Å². The molecule has 2 rings (SSSR count). The molecule has 0 spiro atoms. The lowest BCUT2D eigenvalue weighted by atomic mass is 9.99. The van der Waals surface area contributed by atoms with Gasteiger partial charge in [0.2, 0.25) is 0 Å². The van der Waals surface area contributed by atoms with Crippen LogP contribution >= 0.6 is 0 Å². The highest BCUT2D eigenvalue weighted by Crippen LogP contribution is 2.33. The van der Waals surface area contributed by atoms with Crippen LogP contribution in [0.4, 0.5) is 18.0 Å². The Labute approximate surface area is 156 Å². The number of nitriles is 1. The molecule has 27 heavy (non-hydrogen) atoms. The fourth-order valence-corrected chi connectivity index (χ4v) is 2.81. The SMILES string of the molecule is CC(C)(C)OC(=O)N1CCCC(COc2cc(C(F)(F)F)ccc2C#N)C1. The molecule has 0 bridgehead atoms. The largest absolute Gasteiger partial charge is 0.492 e. The average Bonchev–Trinajstić information content (AvgIpc) is 2.57. The lowest BCUT2D eigenvalue weighted by Crippen LogP contribution is -2.44. The highest BCUT2D eigenvalue weighted by molar-refractivity contribution is 5.68. The van der Waals surface area contributed by atoms with Crippen LogP contribution in [0.1, 0.15) is 44.7 Å². The highest BCUT2D eigenvalue weighted by Gasteiger charge is 2.32. The van der Waals surface area contributed by atoms with Crippen LogP contribution in [0, 0.1) is 17.2 Å². The minimum Gasteiger partial charge on any atom is -0.492 e. The van der Waals surface area contributed by atoms with Crippen molar-refractivity contribution in [3.63, 3.8) is 0 Å². The molecule has 5 nitrogen and oxygen atoms in total. The molecule has 0 saturated carbocycles. The van der Waals surface area contributed by atoms with Crippen molar-refractivity contribution in [1.82, 2.24) is 4.90 Å². The van der Waals surface area contributed by atoms with Gasteiger partial charge in [-0.3, -0.25) is 0 Å². The summed E-state index contributed by atoms with van der Waals surface area (Å²) in [5, 5.41) is 9.09. The lowest BCUT2D eigenvalue weighted by molar-refractivity contribution is -0.137. The van der Waals surface area contributed by atoms with Crippen LogP contribution in [0.5, 0.6) is 5.75 Å². The number of hydrogen-bond donors (Lipinski definition) is 0. The molecule has 1 saturated heterocycles. The van der Waals surface area contributed by atoms with Gasteiger partial charge in [0.25, 0.3) is 0 Å². The van der Waals surface area contributed by atoms with Crippen molar-refractivity contribution < 1.29 is 27.4 Å². The minimum absolute atomic E-state index is 0.0443. The number of alkyl halides is 3. The fourth-order valence-electron chi connectivity index (χ4n) is 2.81. The van der Waals surface area contributed by atoms with Crippen LogP contribution in [-0.4, -0.2) is 36.3 Å². The second kappa shape index (κ2) is 8.07. The van der Waals surface area contributed by atoms with Crippen molar-refractivity contribution in [2.75, 3.05) is 19.7 Å². The molecule has 1 amide bonds. The number of rotatable bonds is 3. The van der Waals surface area contributed by atoms with E-state index in [1.54, 1.807) is 25.7 Å². The maximum atomic E-state index is 12.9. The summed E-state index contributed by atoms with van der Waals surface area (Å²) >= 11 is 0. The topological polar surface area (TPSA) is 62.6 Å². The normalized spacial score (nSPS) is 18.0. The lowest BCUT2D eigenvalue weighted by Gasteiger charge is -2.34. The standard InChI is InChI=1S/C19H23F3N2O3/c1-18(2,3)27-17(25)24-8-4-5-13(11-24)12-26-16-9-15(19(20,21)22)7-6-14(16)10-23/h6-7,9,13H,4-5,8,11-12H2,1-3H3. The molecular weight excluding hydrogens is 361 g/mol. The Balaban J connectivity index is 2.02. The summed E-state index contributed by atoms with van der Waals surface area (Å²) in [6.07, 6.45) is -3.39. The van der Waals surface area contributed by atoms with Gasteiger partial charge in [0.1, 0.15) is 17.4 Å². The van der Waals surface area contributed by atoms with Crippen molar-refractivity contribution in [2.45, 2.75) is 45.4 Å². The van der Waals surface area contributed by atoms with Crippen LogP contribution in [0.25, 0.3) is 0 Å². The molecule has 1 atom stereocenters. The van der Waals surface area contributed by atoms with Gasteiger partial charge < -0.3 is 14.4 Å². The zero-order valence-electron chi connectivity index (χ0n) is 15.6. The van der Waals surface area contributed by atoms with Gasteiger partial charge in [0.15, 0.2) is 0 Å². The van der Waals surface area contributed by atoms with Gasteiger partial charge in [0, 0.05) is 19.0 Å². The van der Waals surface area contributed by atoms with Crippen LogP contribution in [-0.2, 0) is 10.9 Å². The third-order valence-electron chi connectivity index (χ3n) is 4.07. The molecule has 0 radical (unpaired) electrons. The first-order chi connectivity index (χ1) is 12.5. The third-order valence-corrected chi connectivity index (χ3v) is 4.07. The van der Waals surface area contributed by atoms with Gasteiger partial charge in [-0.2, -0.15) is 18.4 Å². The fraction of sp³-hybridized carbons (Fsp3) is 0.579. The molecule has 1 aromatic carbocycles. The first-order valence-corrected chi connectivity index (χ1v) is 8.71. The van der Waals surface area contributed by atoms with E-state index in [1.165, 1.54) is 0 Å². The zero-order valence-corrected chi connectivity index (χ0v) is 15.6. The second-order valence-corrected chi connectivity index (χ2v) is 7.57. The summed E-state index contributed by atoms with van der Waals surface area (Å²) in [5.41, 5.74) is -1.42. The Hall–Kier alpha value is -2.43. The Morgan fingerprint density at radius 1 is 1.33 bits per heavy atom. The van der Waals surface area contributed by atoms with Gasteiger partial charge in [-0.1, -0.05) is 0 Å². The molecule has 1 unspecified atom stereocenters. The summed E-state index contributed by atoms with van der Waals surface area (Å²) < 4.78 is 49.5. The Morgan fingerprint density at radius 3 is 2.63 bits per heavy atom. The third kappa shape index (κ3) is 6.05. The van der Waals surface area contributed by atoms with E-state index >= 15 is 0 Å². The Kier molecular flexibility index (Phi) is 6.24. The van der Waals surface area contributed by atoms with Gasteiger partial charge in [0.05, 0.1) is 17.7 Å². The molecule has 8 heteroatoms. The number of carbonyl (C=O) groups excluding carboxylic acids is 1. The van der Waals surface area contributed by atoms with E-state index in [4.69, 9.17) is 14.7 Å². The van der Waals surface area contributed by atoms with E-state index in [0.717, 1.165) is 31.0 Å². The summed E-state index contributed by atoms with van der Waals surface area (Å²) in [5.74, 6) is -0.144. The first kappa shape index (κ1) is 20.9. The molecule has 1 heterocycles. The molecule has 1 aliphatic heterocycles. The number of likely N-dealkylation sites (tertiary alicyclic amines) is 1. The van der Waals surface area contributed by atoms with Crippen molar-refractivity contribution in [2.24, 2.45) is 5.92 Å². The number of hydrogen-bond acceptors (Lipinski definition) is 4. The number of benzene rings is 1. The molecule has 1 aliphatic rings. The average molecular weight is 384 g/mol. The number of amides is 1. The van der Waals surface area contributed by atoms with E-state index in [0.29, 0.717) is 13.1 Å². The molecule has 0 aromatic heterocycles. The van der Waals surface area contributed by atoms with Crippen molar-refractivity contribution in [1.29, 1.82) is 5.26 Å². The van der Waals surface area contributed by atoms with Crippen molar-refractivity contribution in [3.8, 4) is 11.8 Å². The van der Waals surface area contributed by atoms with Gasteiger partial charge in [-0.25, -0.2) is 4.79 Å². The maximum absolute atomic E-state index is 12.9. The Bertz CT molecular complexity index is 720. The molecule has 1 aromatic rings. The Morgan fingerprint density at radius 2 is 2.04 bits per heavy atom. The van der Waals surface area contributed by atoms with Crippen molar-refractivity contribution >= 4 is 6.09 Å². The number of halogens is 3. The van der Waals surface area contributed by atoms with Gasteiger partial charge in [-0.15, -0.1) is 0 Å². The summed E-state index contributed by atoms with van der Waals surface area (Å²) in [6.45, 7) is 6.44. The van der Waals surface area contributed by atoms with Gasteiger partial charge >= 0.3 is 12.3 Å². The molecule has 0 N–H and O–H groups in total. The van der Waals surface area contributed by atoms with E-state index in [-0.39, 0.29) is 23.8 Å². The zero-order chi connectivity index (χ0) is 20.2. The number of ether oxygens (including phenoxy) is 2. The van der Waals surface area contributed by atoms with Crippen LogP contribution in [0.2, 0.25) is 0 Å². The maximum Gasteiger partial charge on any atom is 0.416 e. The monoisotopic (exact) mass is 384 g/mol. The van der Waals surface area contributed by atoms with E-state index in [9.17, 15) is 18.0 Å². The smallest absolute Gasteiger partial charge is 0.416 e. The highest BCUT2D eigenvalue weighted by atomic mass is 19.4. The molecule has 0 aliphatic carbocycles. The van der Waals surface area contributed by atoms with Crippen LogP contribution < -0.4 is 4.74 Å². The van der Waals surface area contributed by atoms with Crippen LogP contribution in [0.3, 0.4) is 0 Å². The quantitative estimate of drug-likeness (QED) is 0.764. The second-order valence-electron chi connectivity index (χ2n) is 7.57. The summed E-state index contributed by atoms with van der Waals surface area (Å²) in [7, 11) is 0. The molecular formula is C19H23F3N2O3. The number of carbonyl (C=O) groups is 1. The van der Waals surface area contributed by atoms with E-state index in [2.05, 4.69) is 0 Å². The predicted molar refractivity (Wildman–Crippen MR) is 92.2 cm³/mol. The minimum atomic E-state index is -4.51. The molecule has 1 fully saturated rings. The number of nitrogens with zero attached hydrogens (tertiary/aromatic N) is 2. The number of piperidine rings is 1. The van der Waals surface area contributed by atoms with E-state index < -0.39 is 23.4 Å². The first-order valence-electron chi connectivity index (χ1n) is 8.71.